The number of piperidine rings is 1. The van der Waals surface area contributed by atoms with Crippen LogP contribution >= 0.6 is 0 Å². The lowest BCUT2D eigenvalue weighted by atomic mass is 9.92. The standard InChI is InChI=1S/C19H26N2O2/c22-18(20-17-9-5-2-6-10-17)15-11-13-21(14-12-15)19(23)16-7-3-1-4-8-16/h1,3-4,7-8,15,17H,2,5-6,9-14H2,(H,20,22). The predicted molar refractivity (Wildman–Crippen MR) is 90.1 cm³/mol. The van der Waals surface area contributed by atoms with Crippen molar-refractivity contribution >= 4 is 11.8 Å². The SMILES string of the molecule is O=C(NC1CCCCC1)C1CCN(C(=O)c2ccccc2)CC1. The van der Waals surface area contributed by atoms with Gasteiger partial charge in [0.2, 0.25) is 5.91 Å². The largest absolute Gasteiger partial charge is 0.353 e. The number of hydrogen-bond acceptors (Lipinski definition) is 2. The zero-order valence-corrected chi connectivity index (χ0v) is 13.7. The molecule has 124 valence electrons. The maximum atomic E-state index is 12.4. The second-order valence-electron chi connectivity index (χ2n) is 6.78. The van der Waals surface area contributed by atoms with E-state index >= 15 is 0 Å². The smallest absolute Gasteiger partial charge is 0.253 e. The number of nitrogens with zero attached hydrogens (tertiary/aromatic N) is 1. The van der Waals surface area contributed by atoms with Crippen LogP contribution in [-0.2, 0) is 4.79 Å². The number of nitrogens with one attached hydrogen (secondary N) is 1. The molecule has 1 aromatic carbocycles. The first-order valence-corrected chi connectivity index (χ1v) is 8.89. The molecule has 2 amide bonds. The van der Waals surface area contributed by atoms with Crippen molar-refractivity contribution in [3.8, 4) is 0 Å². The quantitative estimate of drug-likeness (QED) is 0.932. The summed E-state index contributed by atoms with van der Waals surface area (Å²) in [6, 6.07) is 9.77. The van der Waals surface area contributed by atoms with Crippen LogP contribution in [0.15, 0.2) is 30.3 Å². The van der Waals surface area contributed by atoms with E-state index in [9.17, 15) is 9.59 Å². The van der Waals surface area contributed by atoms with Gasteiger partial charge in [-0.05, 0) is 37.8 Å². The normalized spacial score (nSPS) is 20.3. The summed E-state index contributed by atoms with van der Waals surface area (Å²) in [5, 5.41) is 3.22. The van der Waals surface area contributed by atoms with Crippen LogP contribution in [0.25, 0.3) is 0 Å². The molecule has 2 fully saturated rings. The maximum Gasteiger partial charge on any atom is 0.253 e. The Kier molecular flexibility index (Phi) is 5.31. The Morgan fingerprint density at radius 3 is 2.22 bits per heavy atom. The highest BCUT2D eigenvalue weighted by Crippen LogP contribution is 2.22. The third kappa shape index (κ3) is 4.12. The van der Waals surface area contributed by atoms with Gasteiger partial charge in [0, 0.05) is 30.6 Å². The average molecular weight is 314 g/mol. The second kappa shape index (κ2) is 7.62. The van der Waals surface area contributed by atoms with Crippen LogP contribution in [-0.4, -0.2) is 35.8 Å². The summed E-state index contributed by atoms with van der Waals surface area (Å²) in [5.41, 5.74) is 0.734. The number of likely N-dealkylation sites (tertiary alicyclic amines) is 1. The van der Waals surface area contributed by atoms with Crippen LogP contribution < -0.4 is 5.32 Å². The number of hydrogen-bond donors (Lipinski definition) is 1. The number of amides is 2. The molecule has 1 saturated carbocycles. The molecule has 2 aliphatic rings. The monoisotopic (exact) mass is 314 g/mol. The molecular weight excluding hydrogens is 288 g/mol. The van der Waals surface area contributed by atoms with E-state index in [1.54, 1.807) is 0 Å². The van der Waals surface area contributed by atoms with Crippen molar-refractivity contribution in [1.82, 2.24) is 10.2 Å². The number of carbonyl (C=O) groups excluding carboxylic acids is 2. The van der Waals surface area contributed by atoms with E-state index in [1.807, 2.05) is 35.2 Å². The Balaban J connectivity index is 1.48. The van der Waals surface area contributed by atoms with Gasteiger partial charge in [0.25, 0.3) is 5.91 Å². The molecule has 0 bridgehead atoms. The van der Waals surface area contributed by atoms with Crippen LogP contribution in [0.3, 0.4) is 0 Å². The summed E-state index contributed by atoms with van der Waals surface area (Å²) in [4.78, 5) is 26.7. The van der Waals surface area contributed by atoms with E-state index in [-0.39, 0.29) is 17.7 Å². The van der Waals surface area contributed by atoms with Crippen molar-refractivity contribution in [3.05, 3.63) is 35.9 Å². The van der Waals surface area contributed by atoms with Gasteiger partial charge in [0.1, 0.15) is 0 Å². The third-order valence-electron chi connectivity index (χ3n) is 5.13. The number of rotatable bonds is 3. The van der Waals surface area contributed by atoms with Crippen molar-refractivity contribution in [3.63, 3.8) is 0 Å². The van der Waals surface area contributed by atoms with Crippen LogP contribution in [0, 0.1) is 5.92 Å². The van der Waals surface area contributed by atoms with Gasteiger partial charge in [-0.3, -0.25) is 9.59 Å². The van der Waals surface area contributed by atoms with Gasteiger partial charge in [0.05, 0.1) is 0 Å². The van der Waals surface area contributed by atoms with Gasteiger partial charge in [-0.15, -0.1) is 0 Å². The molecule has 1 aromatic rings. The minimum absolute atomic E-state index is 0.0664. The Labute approximate surface area is 138 Å². The molecule has 0 aromatic heterocycles. The molecule has 0 unspecified atom stereocenters. The lowest BCUT2D eigenvalue weighted by Crippen LogP contribution is -2.45. The molecule has 1 N–H and O–H groups in total. The molecule has 1 aliphatic carbocycles. The fraction of sp³-hybridized carbons (Fsp3) is 0.579. The van der Waals surface area contributed by atoms with E-state index in [4.69, 9.17) is 0 Å². The van der Waals surface area contributed by atoms with Gasteiger partial charge in [0.15, 0.2) is 0 Å². The Morgan fingerprint density at radius 2 is 1.57 bits per heavy atom. The molecule has 1 heterocycles. The topological polar surface area (TPSA) is 49.4 Å². The van der Waals surface area contributed by atoms with Crippen LogP contribution in [0.4, 0.5) is 0 Å². The van der Waals surface area contributed by atoms with Gasteiger partial charge in [-0.1, -0.05) is 37.5 Å². The highest BCUT2D eigenvalue weighted by atomic mass is 16.2. The van der Waals surface area contributed by atoms with Crippen molar-refractivity contribution in [1.29, 1.82) is 0 Å². The molecule has 23 heavy (non-hydrogen) atoms. The van der Waals surface area contributed by atoms with Crippen molar-refractivity contribution in [2.75, 3.05) is 13.1 Å². The first-order valence-electron chi connectivity index (χ1n) is 8.89. The Bertz CT molecular complexity index is 530. The zero-order chi connectivity index (χ0) is 16.1. The van der Waals surface area contributed by atoms with Crippen LogP contribution in [0.5, 0.6) is 0 Å². The second-order valence-corrected chi connectivity index (χ2v) is 6.78. The van der Waals surface area contributed by atoms with Crippen molar-refractivity contribution in [2.24, 2.45) is 5.92 Å². The molecule has 1 saturated heterocycles. The molecule has 0 radical (unpaired) electrons. The number of carbonyl (C=O) groups is 2. The first-order chi connectivity index (χ1) is 11.2. The maximum absolute atomic E-state index is 12.4. The van der Waals surface area contributed by atoms with Crippen molar-refractivity contribution < 1.29 is 9.59 Å². The van der Waals surface area contributed by atoms with Crippen LogP contribution in [0.2, 0.25) is 0 Å². The molecule has 4 heteroatoms. The molecular formula is C19H26N2O2. The predicted octanol–water partition coefficient (Wildman–Crippen LogP) is 2.99. The third-order valence-corrected chi connectivity index (χ3v) is 5.13. The Hall–Kier alpha value is -1.84. The van der Waals surface area contributed by atoms with Crippen LogP contribution in [0.1, 0.15) is 55.3 Å². The summed E-state index contributed by atoms with van der Waals surface area (Å²) in [6.07, 6.45) is 7.55. The highest BCUT2D eigenvalue weighted by Gasteiger charge is 2.29. The van der Waals surface area contributed by atoms with E-state index < -0.39 is 0 Å². The molecule has 0 spiro atoms. The fourth-order valence-electron chi connectivity index (χ4n) is 3.67. The average Bonchev–Trinajstić information content (AvgIpc) is 2.63. The van der Waals surface area contributed by atoms with E-state index in [0.29, 0.717) is 19.1 Å². The van der Waals surface area contributed by atoms with Gasteiger partial charge in [-0.2, -0.15) is 0 Å². The van der Waals surface area contributed by atoms with Gasteiger partial charge in [-0.25, -0.2) is 0 Å². The molecule has 3 rings (SSSR count). The summed E-state index contributed by atoms with van der Waals surface area (Å²) in [7, 11) is 0. The minimum atomic E-state index is 0.0664. The summed E-state index contributed by atoms with van der Waals surface area (Å²) in [6.45, 7) is 1.35. The zero-order valence-electron chi connectivity index (χ0n) is 13.7. The van der Waals surface area contributed by atoms with Crippen molar-refractivity contribution in [2.45, 2.75) is 51.0 Å². The molecule has 0 atom stereocenters. The van der Waals surface area contributed by atoms with Gasteiger partial charge < -0.3 is 10.2 Å². The Morgan fingerprint density at radius 1 is 0.913 bits per heavy atom. The number of benzene rings is 1. The van der Waals surface area contributed by atoms with E-state index in [1.165, 1.54) is 19.3 Å². The highest BCUT2D eigenvalue weighted by molar-refractivity contribution is 5.94. The lowest BCUT2D eigenvalue weighted by Gasteiger charge is -2.32. The first kappa shape index (κ1) is 16.0. The minimum Gasteiger partial charge on any atom is -0.353 e. The fourth-order valence-corrected chi connectivity index (χ4v) is 3.67. The summed E-state index contributed by atoms with van der Waals surface area (Å²) >= 11 is 0. The van der Waals surface area contributed by atoms with Gasteiger partial charge >= 0.3 is 0 Å². The van der Waals surface area contributed by atoms with E-state index in [2.05, 4.69) is 5.32 Å². The van der Waals surface area contributed by atoms with E-state index in [0.717, 1.165) is 31.2 Å². The molecule has 4 nitrogen and oxygen atoms in total. The lowest BCUT2D eigenvalue weighted by molar-refractivity contribution is -0.127. The summed E-state index contributed by atoms with van der Waals surface area (Å²) < 4.78 is 0. The molecule has 1 aliphatic heterocycles. The summed E-state index contributed by atoms with van der Waals surface area (Å²) in [5.74, 6) is 0.345.